The number of benzene rings is 1. The number of rotatable bonds is 6. The SMILES string of the molecule is OCCCn1cc(CNc2ccc(O)c(Cl)c2)nn1. The molecule has 0 bridgehead atoms. The number of hydrogen-bond donors (Lipinski definition) is 3. The van der Waals surface area contributed by atoms with Crippen LogP contribution in [0, 0.1) is 0 Å². The summed E-state index contributed by atoms with van der Waals surface area (Å²) in [7, 11) is 0. The Hall–Kier alpha value is -1.79. The van der Waals surface area contributed by atoms with E-state index in [1.54, 1.807) is 16.8 Å². The highest BCUT2D eigenvalue weighted by molar-refractivity contribution is 6.32. The highest BCUT2D eigenvalue weighted by atomic mass is 35.5. The third-order valence-corrected chi connectivity index (χ3v) is 2.86. The molecular weight excluding hydrogens is 268 g/mol. The zero-order valence-corrected chi connectivity index (χ0v) is 11.0. The van der Waals surface area contributed by atoms with E-state index in [4.69, 9.17) is 16.7 Å². The van der Waals surface area contributed by atoms with E-state index in [1.807, 2.05) is 6.20 Å². The molecule has 7 heteroatoms. The van der Waals surface area contributed by atoms with Crippen molar-refractivity contribution >= 4 is 17.3 Å². The van der Waals surface area contributed by atoms with Crippen molar-refractivity contribution in [3.63, 3.8) is 0 Å². The molecule has 0 atom stereocenters. The maximum atomic E-state index is 9.31. The Morgan fingerprint density at radius 1 is 1.37 bits per heavy atom. The molecule has 1 heterocycles. The van der Waals surface area contributed by atoms with Crippen molar-refractivity contribution in [3.05, 3.63) is 35.1 Å². The number of nitrogens with one attached hydrogen (secondary N) is 1. The number of phenols is 1. The normalized spacial score (nSPS) is 10.6. The van der Waals surface area contributed by atoms with Crippen molar-refractivity contribution in [2.24, 2.45) is 0 Å². The minimum atomic E-state index is 0.0576. The second kappa shape index (κ2) is 6.40. The first-order valence-electron chi connectivity index (χ1n) is 5.91. The van der Waals surface area contributed by atoms with Crippen molar-refractivity contribution in [1.82, 2.24) is 15.0 Å². The van der Waals surface area contributed by atoms with Crippen LogP contribution in [0.2, 0.25) is 5.02 Å². The number of aliphatic hydroxyl groups excluding tert-OH is 1. The van der Waals surface area contributed by atoms with Crippen molar-refractivity contribution < 1.29 is 10.2 Å². The van der Waals surface area contributed by atoms with Crippen molar-refractivity contribution in [2.45, 2.75) is 19.5 Å². The number of nitrogens with zero attached hydrogens (tertiary/aromatic N) is 3. The third kappa shape index (κ3) is 3.84. The smallest absolute Gasteiger partial charge is 0.134 e. The van der Waals surface area contributed by atoms with Crippen LogP contribution in [0.1, 0.15) is 12.1 Å². The van der Waals surface area contributed by atoms with E-state index in [-0.39, 0.29) is 12.4 Å². The highest BCUT2D eigenvalue weighted by Crippen LogP contribution is 2.26. The van der Waals surface area contributed by atoms with Gasteiger partial charge in [-0.3, -0.25) is 4.68 Å². The molecule has 102 valence electrons. The lowest BCUT2D eigenvalue weighted by Crippen LogP contribution is -2.01. The van der Waals surface area contributed by atoms with Gasteiger partial charge >= 0.3 is 0 Å². The first-order valence-corrected chi connectivity index (χ1v) is 6.29. The monoisotopic (exact) mass is 282 g/mol. The van der Waals surface area contributed by atoms with Gasteiger partial charge < -0.3 is 15.5 Å². The number of hydrogen-bond acceptors (Lipinski definition) is 5. The average Bonchev–Trinajstić information content (AvgIpc) is 2.86. The zero-order chi connectivity index (χ0) is 13.7. The van der Waals surface area contributed by atoms with Gasteiger partial charge in [-0.15, -0.1) is 5.10 Å². The summed E-state index contributed by atoms with van der Waals surface area (Å²) in [5, 5.41) is 29.4. The summed E-state index contributed by atoms with van der Waals surface area (Å²) in [6.07, 6.45) is 2.48. The second-order valence-corrected chi connectivity index (χ2v) is 4.48. The molecule has 0 fully saturated rings. The maximum Gasteiger partial charge on any atom is 0.134 e. The van der Waals surface area contributed by atoms with Gasteiger partial charge in [0.15, 0.2) is 0 Å². The van der Waals surface area contributed by atoms with Crippen LogP contribution in [0.3, 0.4) is 0 Å². The number of aromatic hydroxyl groups is 1. The summed E-state index contributed by atoms with van der Waals surface area (Å²) in [6.45, 7) is 1.30. The van der Waals surface area contributed by atoms with Crippen LogP contribution in [-0.4, -0.2) is 31.8 Å². The Labute approximate surface area is 115 Å². The summed E-state index contributed by atoms with van der Waals surface area (Å²) in [5.41, 5.74) is 1.59. The van der Waals surface area contributed by atoms with Crippen LogP contribution in [-0.2, 0) is 13.1 Å². The largest absolute Gasteiger partial charge is 0.506 e. The van der Waals surface area contributed by atoms with Crippen LogP contribution < -0.4 is 5.32 Å². The van der Waals surface area contributed by atoms with E-state index >= 15 is 0 Å². The van der Waals surface area contributed by atoms with Gasteiger partial charge in [0.25, 0.3) is 0 Å². The Morgan fingerprint density at radius 3 is 2.95 bits per heavy atom. The number of phenolic OH excluding ortho intramolecular Hbond substituents is 1. The third-order valence-electron chi connectivity index (χ3n) is 2.55. The topological polar surface area (TPSA) is 83.2 Å². The van der Waals surface area contributed by atoms with Crippen molar-refractivity contribution in [3.8, 4) is 5.75 Å². The van der Waals surface area contributed by atoms with E-state index in [2.05, 4.69) is 15.6 Å². The molecule has 0 aliphatic heterocycles. The van der Waals surface area contributed by atoms with Gasteiger partial charge in [-0.1, -0.05) is 16.8 Å². The number of aliphatic hydroxyl groups is 1. The zero-order valence-electron chi connectivity index (χ0n) is 10.3. The van der Waals surface area contributed by atoms with Crippen molar-refractivity contribution in [1.29, 1.82) is 0 Å². The van der Waals surface area contributed by atoms with Crippen LogP contribution in [0.4, 0.5) is 5.69 Å². The van der Waals surface area contributed by atoms with E-state index < -0.39 is 0 Å². The minimum absolute atomic E-state index is 0.0576. The van der Waals surface area contributed by atoms with E-state index in [0.29, 0.717) is 24.5 Å². The van der Waals surface area contributed by atoms with Gasteiger partial charge in [-0.2, -0.15) is 0 Å². The number of halogens is 1. The van der Waals surface area contributed by atoms with Gasteiger partial charge in [-0.25, -0.2) is 0 Å². The summed E-state index contributed by atoms with van der Waals surface area (Å²) < 4.78 is 1.69. The molecule has 19 heavy (non-hydrogen) atoms. The molecule has 0 saturated heterocycles. The fourth-order valence-electron chi connectivity index (χ4n) is 1.57. The van der Waals surface area contributed by atoms with Gasteiger partial charge in [0.1, 0.15) is 11.4 Å². The first-order chi connectivity index (χ1) is 9.19. The Bertz CT molecular complexity index is 544. The lowest BCUT2D eigenvalue weighted by molar-refractivity contribution is 0.276. The quantitative estimate of drug-likeness (QED) is 0.702. The van der Waals surface area contributed by atoms with E-state index in [9.17, 15) is 5.11 Å². The lowest BCUT2D eigenvalue weighted by Gasteiger charge is -2.05. The molecule has 2 rings (SSSR count). The number of anilines is 1. The summed E-state index contributed by atoms with van der Waals surface area (Å²) >= 11 is 5.81. The summed E-state index contributed by atoms with van der Waals surface area (Å²) in [4.78, 5) is 0. The second-order valence-electron chi connectivity index (χ2n) is 4.07. The molecule has 6 nitrogen and oxygen atoms in total. The molecule has 0 aliphatic carbocycles. The van der Waals surface area contributed by atoms with Crippen LogP contribution >= 0.6 is 11.6 Å². The minimum Gasteiger partial charge on any atom is -0.506 e. The van der Waals surface area contributed by atoms with Crippen LogP contribution in [0.15, 0.2) is 24.4 Å². The highest BCUT2D eigenvalue weighted by Gasteiger charge is 2.03. The van der Waals surface area contributed by atoms with Gasteiger partial charge in [0.05, 0.1) is 17.8 Å². The molecule has 3 N–H and O–H groups in total. The van der Waals surface area contributed by atoms with Gasteiger partial charge in [0.2, 0.25) is 0 Å². The summed E-state index contributed by atoms with van der Waals surface area (Å²) in [6, 6.07) is 4.91. The summed E-state index contributed by atoms with van der Waals surface area (Å²) in [5.74, 6) is 0.0576. The fourth-order valence-corrected chi connectivity index (χ4v) is 1.75. The van der Waals surface area contributed by atoms with E-state index in [1.165, 1.54) is 6.07 Å². The molecule has 0 spiro atoms. The molecule has 0 radical (unpaired) electrons. The Kier molecular flexibility index (Phi) is 4.59. The molecule has 0 saturated carbocycles. The lowest BCUT2D eigenvalue weighted by atomic mass is 10.3. The predicted molar refractivity (Wildman–Crippen MR) is 72.2 cm³/mol. The molecule has 0 aliphatic rings. The van der Waals surface area contributed by atoms with Crippen LogP contribution in [0.25, 0.3) is 0 Å². The first kappa shape index (κ1) is 13.6. The van der Waals surface area contributed by atoms with Gasteiger partial charge in [0, 0.05) is 18.8 Å². The van der Waals surface area contributed by atoms with Crippen molar-refractivity contribution in [2.75, 3.05) is 11.9 Å². The molecular formula is C12H15ClN4O2. The Morgan fingerprint density at radius 2 is 2.21 bits per heavy atom. The number of aryl methyl sites for hydroxylation is 1. The molecule has 1 aromatic heterocycles. The molecule has 1 aromatic carbocycles. The maximum absolute atomic E-state index is 9.31. The van der Waals surface area contributed by atoms with Gasteiger partial charge in [-0.05, 0) is 24.6 Å². The predicted octanol–water partition coefficient (Wildman–Crippen LogP) is 1.63. The standard InChI is InChI=1S/C12H15ClN4O2/c13-11-6-9(2-3-12(11)19)14-7-10-8-17(16-15-10)4-1-5-18/h2-3,6,8,14,18-19H,1,4-5,7H2. The Balaban J connectivity index is 1.91. The molecule has 0 unspecified atom stereocenters. The molecule has 2 aromatic rings. The fraction of sp³-hybridized carbons (Fsp3) is 0.333. The van der Waals surface area contributed by atoms with E-state index in [0.717, 1.165) is 11.4 Å². The number of aromatic nitrogens is 3. The average molecular weight is 283 g/mol. The molecule has 0 amide bonds. The van der Waals surface area contributed by atoms with Crippen LogP contribution in [0.5, 0.6) is 5.75 Å².